The monoisotopic (exact) mass is 341 g/mol. The van der Waals surface area contributed by atoms with Crippen LogP contribution in [0.4, 0.5) is 0 Å². The Bertz CT molecular complexity index is 689. The van der Waals surface area contributed by atoms with Crippen molar-refractivity contribution in [2.45, 2.75) is 13.1 Å². The predicted octanol–water partition coefficient (Wildman–Crippen LogP) is 1.69. The highest BCUT2D eigenvalue weighted by atomic mass is 16.5. The molecule has 0 unspecified atom stereocenters. The van der Waals surface area contributed by atoms with E-state index in [2.05, 4.69) is 15.2 Å². The maximum absolute atomic E-state index is 12.7. The standard InChI is InChI=1S/C19H23N3O3/c23-19(21-7-16-3-1-2-5-20-16)18-13-25-12-15-9-22(10-17(15)18)8-14-4-6-24-11-14/h1-6,11,15,17-18H,7-10,12-13H2,(H,21,23)/t15-,17-,18+/m0/s1. The van der Waals surface area contributed by atoms with Crippen molar-refractivity contribution in [3.05, 3.63) is 54.2 Å². The molecule has 6 heteroatoms. The molecule has 2 aromatic rings. The fourth-order valence-electron chi connectivity index (χ4n) is 3.94. The van der Waals surface area contributed by atoms with E-state index in [1.807, 2.05) is 24.3 Å². The lowest BCUT2D eigenvalue weighted by molar-refractivity contribution is -0.133. The van der Waals surface area contributed by atoms with Crippen LogP contribution in [-0.2, 0) is 22.6 Å². The number of rotatable bonds is 5. The number of hydrogen-bond donors (Lipinski definition) is 1. The van der Waals surface area contributed by atoms with Crippen LogP contribution in [-0.4, -0.2) is 42.1 Å². The summed E-state index contributed by atoms with van der Waals surface area (Å²) in [5, 5.41) is 3.03. The fraction of sp³-hybridized carbons (Fsp3) is 0.474. The molecule has 3 atom stereocenters. The van der Waals surface area contributed by atoms with E-state index in [9.17, 15) is 4.79 Å². The van der Waals surface area contributed by atoms with Crippen molar-refractivity contribution in [2.24, 2.45) is 17.8 Å². The van der Waals surface area contributed by atoms with Crippen LogP contribution in [0.15, 0.2) is 47.4 Å². The van der Waals surface area contributed by atoms with E-state index in [1.54, 1.807) is 18.7 Å². The lowest BCUT2D eigenvalue weighted by atomic mass is 9.82. The Labute approximate surface area is 147 Å². The molecule has 4 rings (SSSR count). The summed E-state index contributed by atoms with van der Waals surface area (Å²) in [6.45, 7) is 4.49. The molecule has 2 saturated heterocycles. The zero-order valence-corrected chi connectivity index (χ0v) is 14.1. The Hall–Kier alpha value is -2.18. The summed E-state index contributed by atoms with van der Waals surface area (Å²) in [5.74, 6) is 0.762. The molecule has 0 saturated carbocycles. The maximum atomic E-state index is 12.7. The summed E-state index contributed by atoms with van der Waals surface area (Å²) < 4.78 is 10.9. The van der Waals surface area contributed by atoms with Gasteiger partial charge in [0.2, 0.25) is 5.91 Å². The van der Waals surface area contributed by atoms with Crippen molar-refractivity contribution in [2.75, 3.05) is 26.3 Å². The molecule has 0 spiro atoms. The lowest BCUT2D eigenvalue weighted by Gasteiger charge is -2.32. The van der Waals surface area contributed by atoms with Gasteiger partial charge in [-0.3, -0.25) is 14.7 Å². The highest BCUT2D eigenvalue weighted by Crippen LogP contribution is 2.35. The van der Waals surface area contributed by atoms with Crippen LogP contribution in [0.2, 0.25) is 0 Å². The quantitative estimate of drug-likeness (QED) is 0.896. The number of nitrogens with zero attached hydrogens (tertiary/aromatic N) is 2. The van der Waals surface area contributed by atoms with Crippen LogP contribution in [0.25, 0.3) is 0 Å². The van der Waals surface area contributed by atoms with E-state index in [0.717, 1.165) is 31.9 Å². The molecule has 2 aliphatic rings. The van der Waals surface area contributed by atoms with E-state index < -0.39 is 0 Å². The molecule has 0 aromatic carbocycles. The normalized spacial score (nSPS) is 26.3. The maximum Gasteiger partial charge on any atom is 0.226 e. The second kappa shape index (κ2) is 7.37. The molecule has 0 bridgehead atoms. The first-order valence-electron chi connectivity index (χ1n) is 8.78. The van der Waals surface area contributed by atoms with Gasteiger partial charge >= 0.3 is 0 Å². The summed E-state index contributed by atoms with van der Waals surface area (Å²) in [4.78, 5) is 19.3. The second-order valence-corrected chi connectivity index (χ2v) is 6.93. The summed E-state index contributed by atoms with van der Waals surface area (Å²) >= 11 is 0. The number of likely N-dealkylation sites (tertiary alicyclic amines) is 1. The molecule has 1 amide bonds. The van der Waals surface area contributed by atoms with Gasteiger partial charge in [0.15, 0.2) is 0 Å². The minimum atomic E-state index is -0.0863. The minimum Gasteiger partial charge on any atom is -0.472 e. The summed E-state index contributed by atoms with van der Waals surface area (Å²) in [6, 6.07) is 7.72. The Kier molecular flexibility index (Phi) is 4.81. The molecular weight excluding hydrogens is 318 g/mol. The summed E-state index contributed by atoms with van der Waals surface area (Å²) in [5.41, 5.74) is 2.05. The summed E-state index contributed by atoms with van der Waals surface area (Å²) in [6.07, 6.45) is 5.23. The third kappa shape index (κ3) is 3.75. The van der Waals surface area contributed by atoms with Crippen LogP contribution < -0.4 is 5.32 Å². The first kappa shape index (κ1) is 16.3. The van der Waals surface area contributed by atoms with Gasteiger partial charge in [-0.2, -0.15) is 0 Å². The number of hydrogen-bond acceptors (Lipinski definition) is 5. The average molecular weight is 341 g/mol. The van der Waals surface area contributed by atoms with Gasteiger partial charge in [-0.25, -0.2) is 0 Å². The number of aromatic nitrogens is 1. The van der Waals surface area contributed by atoms with Crippen molar-refractivity contribution in [1.29, 1.82) is 0 Å². The molecule has 0 aliphatic carbocycles. The molecule has 2 fully saturated rings. The second-order valence-electron chi connectivity index (χ2n) is 6.93. The number of carbonyl (C=O) groups is 1. The molecule has 2 aromatic heterocycles. The van der Waals surface area contributed by atoms with E-state index in [4.69, 9.17) is 9.15 Å². The van der Waals surface area contributed by atoms with Crippen LogP contribution in [0.3, 0.4) is 0 Å². The topological polar surface area (TPSA) is 67.6 Å². The van der Waals surface area contributed by atoms with Gasteiger partial charge in [0, 0.05) is 31.4 Å². The highest BCUT2D eigenvalue weighted by molar-refractivity contribution is 5.79. The number of pyridine rings is 1. The number of carbonyl (C=O) groups excluding carboxylic acids is 1. The number of nitrogens with one attached hydrogen (secondary N) is 1. The van der Waals surface area contributed by atoms with Gasteiger partial charge in [0.05, 0.1) is 43.9 Å². The Morgan fingerprint density at radius 1 is 1.28 bits per heavy atom. The summed E-state index contributed by atoms with van der Waals surface area (Å²) in [7, 11) is 0. The first-order chi connectivity index (χ1) is 12.3. The predicted molar refractivity (Wildman–Crippen MR) is 91.4 cm³/mol. The van der Waals surface area contributed by atoms with Crippen molar-refractivity contribution in [1.82, 2.24) is 15.2 Å². The lowest BCUT2D eigenvalue weighted by Crippen LogP contribution is -2.44. The van der Waals surface area contributed by atoms with Gasteiger partial charge < -0.3 is 14.5 Å². The zero-order chi connectivity index (χ0) is 17.1. The molecule has 4 heterocycles. The molecule has 1 N–H and O–H groups in total. The van der Waals surface area contributed by atoms with Gasteiger partial charge in [-0.15, -0.1) is 0 Å². The largest absolute Gasteiger partial charge is 0.472 e. The fourth-order valence-corrected chi connectivity index (χ4v) is 3.94. The minimum absolute atomic E-state index is 0.0746. The highest BCUT2D eigenvalue weighted by Gasteiger charge is 2.43. The molecule has 0 radical (unpaired) electrons. The Morgan fingerprint density at radius 3 is 3.04 bits per heavy atom. The van der Waals surface area contributed by atoms with E-state index in [0.29, 0.717) is 25.0 Å². The van der Waals surface area contributed by atoms with Gasteiger partial charge in [0.1, 0.15) is 0 Å². The van der Waals surface area contributed by atoms with Crippen LogP contribution in [0, 0.1) is 17.8 Å². The Balaban J connectivity index is 1.36. The smallest absolute Gasteiger partial charge is 0.226 e. The Morgan fingerprint density at radius 2 is 2.24 bits per heavy atom. The molecule has 6 nitrogen and oxygen atoms in total. The zero-order valence-electron chi connectivity index (χ0n) is 14.1. The van der Waals surface area contributed by atoms with Crippen molar-refractivity contribution < 1.29 is 13.9 Å². The number of furan rings is 1. The number of amides is 1. The van der Waals surface area contributed by atoms with Crippen LogP contribution in [0.5, 0.6) is 0 Å². The molecular formula is C19H23N3O3. The van der Waals surface area contributed by atoms with E-state index in [1.165, 1.54) is 5.56 Å². The van der Waals surface area contributed by atoms with Crippen molar-refractivity contribution in [3.8, 4) is 0 Å². The average Bonchev–Trinajstić information content (AvgIpc) is 3.29. The molecule has 25 heavy (non-hydrogen) atoms. The first-order valence-corrected chi connectivity index (χ1v) is 8.78. The number of fused-ring (bicyclic) bond motifs is 1. The van der Waals surface area contributed by atoms with Crippen LogP contribution >= 0.6 is 0 Å². The van der Waals surface area contributed by atoms with Crippen molar-refractivity contribution in [3.63, 3.8) is 0 Å². The third-order valence-electron chi connectivity index (χ3n) is 5.21. The number of ether oxygens (including phenoxy) is 1. The third-order valence-corrected chi connectivity index (χ3v) is 5.21. The van der Waals surface area contributed by atoms with Crippen molar-refractivity contribution >= 4 is 5.91 Å². The SMILES string of the molecule is O=C(NCc1ccccn1)[C@@H]1COC[C@@H]2CN(Cc3ccoc3)C[C@@H]21. The van der Waals surface area contributed by atoms with Gasteiger partial charge in [0.25, 0.3) is 0 Å². The van der Waals surface area contributed by atoms with E-state index >= 15 is 0 Å². The van der Waals surface area contributed by atoms with Crippen LogP contribution in [0.1, 0.15) is 11.3 Å². The molecule has 132 valence electrons. The van der Waals surface area contributed by atoms with Gasteiger partial charge in [-0.1, -0.05) is 6.07 Å². The molecule has 2 aliphatic heterocycles. The van der Waals surface area contributed by atoms with E-state index in [-0.39, 0.29) is 11.8 Å². The van der Waals surface area contributed by atoms with Gasteiger partial charge in [-0.05, 0) is 30.0 Å².